The lowest BCUT2D eigenvalue weighted by Gasteiger charge is -2.29. The van der Waals surface area contributed by atoms with Crippen molar-refractivity contribution in [3.63, 3.8) is 0 Å². The Labute approximate surface area is 113 Å². The maximum absolute atomic E-state index is 6.33. The molecule has 0 aromatic carbocycles. The van der Waals surface area contributed by atoms with Gasteiger partial charge in [-0.05, 0) is 18.3 Å². The zero-order valence-corrected chi connectivity index (χ0v) is 12.1. The van der Waals surface area contributed by atoms with Gasteiger partial charge in [0.1, 0.15) is 11.6 Å². The van der Waals surface area contributed by atoms with E-state index in [2.05, 4.69) is 30.9 Å². The number of methoxy groups -OCH3 is 1. The van der Waals surface area contributed by atoms with Crippen molar-refractivity contribution in [2.45, 2.75) is 45.3 Å². The molecule has 1 aliphatic heterocycles. The van der Waals surface area contributed by atoms with E-state index in [0.29, 0.717) is 37.8 Å². The van der Waals surface area contributed by atoms with Crippen LogP contribution in [-0.2, 0) is 15.0 Å². The number of rotatable bonds is 3. The van der Waals surface area contributed by atoms with Crippen molar-refractivity contribution in [3.05, 3.63) is 11.7 Å². The Bertz CT molecular complexity index is 419. The second kappa shape index (κ2) is 5.19. The molecule has 1 aromatic heterocycles. The Kier molecular flexibility index (Phi) is 3.94. The molecule has 1 aromatic rings. The molecule has 0 saturated carbocycles. The zero-order valence-electron chi connectivity index (χ0n) is 12.1. The highest BCUT2D eigenvalue weighted by Gasteiger charge is 2.38. The number of hydrogen-bond donors (Lipinski definition) is 1. The van der Waals surface area contributed by atoms with Gasteiger partial charge in [-0.15, -0.1) is 0 Å². The SMILES string of the molecule is COC(c1noc(C2(N)CCOCC2)n1)C(C)(C)C. The van der Waals surface area contributed by atoms with Gasteiger partial charge in [0.2, 0.25) is 11.7 Å². The third kappa shape index (κ3) is 2.96. The van der Waals surface area contributed by atoms with Gasteiger partial charge in [-0.3, -0.25) is 0 Å². The molecule has 1 fully saturated rings. The van der Waals surface area contributed by atoms with E-state index >= 15 is 0 Å². The predicted octanol–water partition coefficient (Wildman–Crippen LogP) is 1.77. The van der Waals surface area contributed by atoms with E-state index in [0.717, 1.165) is 0 Å². The van der Waals surface area contributed by atoms with Crippen molar-refractivity contribution in [2.75, 3.05) is 20.3 Å². The maximum Gasteiger partial charge on any atom is 0.247 e. The van der Waals surface area contributed by atoms with Crippen molar-refractivity contribution in [1.29, 1.82) is 0 Å². The summed E-state index contributed by atoms with van der Waals surface area (Å²) < 4.78 is 16.2. The Balaban J connectivity index is 2.23. The minimum atomic E-state index is -0.570. The van der Waals surface area contributed by atoms with Crippen LogP contribution in [0.3, 0.4) is 0 Å². The zero-order chi connectivity index (χ0) is 14.1. The van der Waals surface area contributed by atoms with Gasteiger partial charge in [-0.1, -0.05) is 25.9 Å². The summed E-state index contributed by atoms with van der Waals surface area (Å²) in [5.74, 6) is 1.04. The Morgan fingerprint density at radius 2 is 1.95 bits per heavy atom. The standard InChI is InChI=1S/C13H23N3O3/c1-12(2,3)9(17-4)10-15-11(19-16-10)13(14)5-7-18-8-6-13/h9H,5-8,14H2,1-4H3. The van der Waals surface area contributed by atoms with Crippen LogP contribution < -0.4 is 5.73 Å². The average molecular weight is 269 g/mol. The van der Waals surface area contributed by atoms with Gasteiger partial charge in [0.15, 0.2) is 0 Å². The predicted molar refractivity (Wildman–Crippen MR) is 69.4 cm³/mol. The van der Waals surface area contributed by atoms with Crippen molar-refractivity contribution >= 4 is 0 Å². The highest BCUT2D eigenvalue weighted by molar-refractivity contribution is 5.06. The van der Waals surface area contributed by atoms with Gasteiger partial charge in [-0.25, -0.2) is 0 Å². The van der Waals surface area contributed by atoms with Crippen LogP contribution in [0, 0.1) is 5.41 Å². The number of hydrogen-bond acceptors (Lipinski definition) is 6. The number of ether oxygens (including phenoxy) is 2. The van der Waals surface area contributed by atoms with Crippen LogP contribution in [0.5, 0.6) is 0 Å². The molecule has 2 rings (SSSR count). The lowest BCUT2D eigenvalue weighted by Crippen LogP contribution is -2.42. The number of nitrogens with zero attached hydrogens (tertiary/aromatic N) is 2. The lowest BCUT2D eigenvalue weighted by atomic mass is 9.88. The molecule has 1 unspecified atom stereocenters. The van der Waals surface area contributed by atoms with E-state index in [1.54, 1.807) is 7.11 Å². The third-order valence-corrected chi connectivity index (χ3v) is 3.51. The van der Waals surface area contributed by atoms with Crippen molar-refractivity contribution in [2.24, 2.45) is 11.1 Å². The minimum absolute atomic E-state index is 0.104. The van der Waals surface area contributed by atoms with Crippen molar-refractivity contribution in [3.8, 4) is 0 Å². The van der Waals surface area contributed by atoms with Crippen LogP contribution >= 0.6 is 0 Å². The fourth-order valence-electron chi connectivity index (χ4n) is 2.34. The van der Waals surface area contributed by atoms with Gasteiger partial charge >= 0.3 is 0 Å². The molecular weight excluding hydrogens is 246 g/mol. The average Bonchev–Trinajstić information content (AvgIpc) is 2.79. The Morgan fingerprint density at radius 3 is 2.47 bits per heavy atom. The van der Waals surface area contributed by atoms with Crippen LogP contribution in [0.1, 0.15) is 51.4 Å². The molecule has 1 aliphatic rings. The molecule has 108 valence electrons. The van der Waals surface area contributed by atoms with E-state index in [4.69, 9.17) is 19.7 Å². The summed E-state index contributed by atoms with van der Waals surface area (Å²) in [6.45, 7) is 7.47. The van der Waals surface area contributed by atoms with E-state index in [1.807, 2.05) is 0 Å². The second-order valence-corrected chi connectivity index (χ2v) is 6.21. The van der Waals surface area contributed by atoms with E-state index < -0.39 is 5.54 Å². The summed E-state index contributed by atoms with van der Waals surface area (Å²) in [6, 6.07) is 0. The maximum atomic E-state index is 6.33. The monoisotopic (exact) mass is 269 g/mol. The lowest BCUT2D eigenvalue weighted by molar-refractivity contribution is 0.00718. The first kappa shape index (κ1) is 14.4. The van der Waals surface area contributed by atoms with Gasteiger partial charge in [-0.2, -0.15) is 4.98 Å². The summed E-state index contributed by atoms with van der Waals surface area (Å²) in [6.07, 6.45) is 1.18. The van der Waals surface area contributed by atoms with Gasteiger partial charge in [0.25, 0.3) is 0 Å². The molecule has 1 saturated heterocycles. The van der Waals surface area contributed by atoms with E-state index in [9.17, 15) is 0 Å². The number of aromatic nitrogens is 2. The largest absolute Gasteiger partial charge is 0.381 e. The molecule has 2 heterocycles. The quantitative estimate of drug-likeness (QED) is 0.900. The minimum Gasteiger partial charge on any atom is -0.381 e. The first-order valence-electron chi connectivity index (χ1n) is 6.60. The summed E-state index contributed by atoms with van der Waals surface area (Å²) in [7, 11) is 1.65. The Hall–Kier alpha value is -0.980. The van der Waals surface area contributed by atoms with E-state index in [-0.39, 0.29) is 11.5 Å². The highest BCUT2D eigenvalue weighted by atomic mass is 16.5. The Morgan fingerprint density at radius 1 is 1.32 bits per heavy atom. The number of nitrogens with two attached hydrogens (primary N) is 1. The van der Waals surface area contributed by atoms with Crippen LogP contribution in [0.2, 0.25) is 0 Å². The first-order chi connectivity index (χ1) is 8.87. The molecule has 2 N–H and O–H groups in total. The van der Waals surface area contributed by atoms with Crippen LogP contribution in [0.4, 0.5) is 0 Å². The molecule has 0 aliphatic carbocycles. The fourth-order valence-corrected chi connectivity index (χ4v) is 2.34. The molecule has 0 bridgehead atoms. The first-order valence-corrected chi connectivity index (χ1v) is 6.60. The molecule has 19 heavy (non-hydrogen) atoms. The summed E-state index contributed by atoms with van der Waals surface area (Å²) in [5, 5.41) is 4.04. The summed E-state index contributed by atoms with van der Waals surface area (Å²) in [4.78, 5) is 4.46. The van der Waals surface area contributed by atoms with E-state index in [1.165, 1.54) is 0 Å². The smallest absolute Gasteiger partial charge is 0.247 e. The van der Waals surface area contributed by atoms with Gasteiger partial charge in [0.05, 0.1) is 0 Å². The fraction of sp³-hybridized carbons (Fsp3) is 0.846. The molecular formula is C13H23N3O3. The highest BCUT2D eigenvalue weighted by Crippen LogP contribution is 2.35. The van der Waals surface area contributed by atoms with Crippen molar-refractivity contribution in [1.82, 2.24) is 10.1 Å². The molecule has 6 nitrogen and oxygen atoms in total. The summed E-state index contributed by atoms with van der Waals surface area (Å²) in [5.41, 5.74) is 5.65. The van der Waals surface area contributed by atoms with Crippen LogP contribution in [0.15, 0.2) is 4.52 Å². The molecule has 0 radical (unpaired) electrons. The van der Waals surface area contributed by atoms with Crippen LogP contribution in [0.25, 0.3) is 0 Å². The molecule has 0 spiro atoms. The molecule has 1 atom stereocenters. The normalized spacial score (nSPS) is 21.3. The van der Waals surface area contributed by atoms with Gasteiger partial charge < -0.3 is 19.7 Å². The van der Waals surface area contributed by atoms with Crippen molar-refractivity contribution < 1.29 is 14.0 Å². The molecule has 0 amide bonds. The second-order valence-electron chi connectivity index (χ2n) is 6.21. The topological polar surface area (TPSA) is 83.4 Å². The van der Waals surface area contributed by atoms with Gasteiger partial charge in [0, 0.05) is 20.3 Å². The third-order valence-electron chi connectivity index (χ3n) is 3.51. The summed E-state index contributed by atoms with van der Waals surface area (Å²) >= 11 is 0. The van der Waals surface area contributed by atoms with Crippen LogP contribution in [-0.4, -0.2) is 30.5 Å². The molecule has 6 heteroatoms.